The van der Waals surface area contributed by atoms with Crippen LogP contribution >= 0.6 is 11.3 Å². The number of nitrogens with one attached hydrogen (secondary N) is 1. The molecule has 0 saturated heterocycles. The molecule has 3 heterocycles. The van der Waals surface area contributed by atoms with Crippen LogP contribution in [-0.2, 0) is 0 Å². The molecule has 0 radical (unpaired) electrons. The topological polar surface area (TPSA) is 76.8 Å². The zero-order valence-electron chi connectivity index (χ0n) is 10.7. The highest BCUT2D eigenvalue weighted by atomic mass is 32.1. The van der Waals surface area contributed by atoms with E-state index in [1.807, 2.05) is 32.0 Å². The molecule has 0 aliphatic rings. The van der Waals surface area contributed by atoms with Crippen LogP contribution < -0.4 is 10.5 Å². The Bertz CT molecular complexity index is 731. The van der Waals surface area contributed by atoms with Gasteiger partial charge in [-0.25, -0.2) is 4.98 Å². The highest BCUT2D eigenvalue weighted by molar-refractivity contribution is 7.16. The second-order valence-electron chi connectivity index (χ2n) is 4.17. The first-order chi connectivity index (χ1) is 9.17. The van der Waals surface area contributed by atoms with Crippen LogP contribution in [0.5, 0.6) is 5.88 Å². The van der Waals surface area contributed by atoms with E-state index < -0.39 is 0 Å². The summed E-state index contributed by atoms with van der Waals surface area (Å²) in [6, 6.07) is 5.77. The number of H-pyrrole nitrogens is 1. The molecule has 0 aliphatic heterocycles. The molecule has 0 atom stereocenters. The monoisotopic (exact) mass is 274 g/mol. The van der Waals surface area contributed by atoms with E-state index in [2.05, 4.69) is 15.0 Å². The van der Waals surface area contributed by atoms with Crippen LogP contribution in [-0.4, -0.2) is 21.6 Å². The minimum absolute atomic E-state index is 0.586. The van der Waals surface area contributed by atoms with E-state index in [0.29, 0.717) is 18.1 Å². The molecule has 6 heteroatoms. The van der Waals surface area contributed by atoms with Crippen LogP contribution in [0.2, 0.25) is 0 Å². The molecule has 19 heavy (non-hydrogen) atoms. The van der Waals surface area contributed by atoms with Gasteiger partial charge in [0.25, 0.3) is 0 Å². The number of imidazole rings is 1. The Morgan fingerprint density at radius 3 is 2.89 bits per heavy atom. The zero-order chi connectivity index (χ0) is 13.4. The molecule has 0 bridgehead atoms. The fraction of sp³-hybridized carbons (Fsp3) is 0.231. The van der Waals surface area contributed by atoms with Crippen molar-refractivity contribution in [3.05, 3.63) is 23.1 Å². The molecule has 0 unspecified atom stereocenters. The Morgan fingerprint density at radius 2 is 2.21 bits per heavy atom. The molecule has 98 valence electrons. The summed E-state index contributed by atoms with van der Waals surface area (Å²) in [6.07, 6.45) is 0. The number of aromatic amines is 1. The molecule has 0 fully saturated rings. The lowest BCUT2D eigenvalue weighted by molar-refractivity contribution is 0.328. The first-order valence-electron chi connectivity index (χ1n) is 6.03. The van der Waals surface area contributed by atoms with Crippen molar-refractivity contribution in [1.29, 1.82) is 0 Å². The first-order valence-corrected chi connectivity index (χ1v) is 6.85. The maximum Gasteiger partial charge on any atom is 0.215 e. The number of aromatic nitrogens is 3. The van der Waals surface area contributed by atoms with E-state index in [1.165, 1.54) is 0 Å². The van der Waals surface area contributed by atoms with Gasteiger partial charge in [-0.15, -0.1) is 11.3 Å². The quantitative estimate of drug-likeness (QED) is 0.769. The van der Waals surface area contributed by atoms with Crippen molar-refractivity contribution in [3.63, 3.8) is 0 Å². The lowest BCUT2D eigenvalue weighted by Crippen LogP contribution is -1.93. The number of rotatable bonds is 3. The maximum absolute atomic E-state index is 5.99. The van der Waals surface area contributed by atoms with Crippen LogP contribution in [0.15, 0.2) is 18.2 Å². The molecule has 3 aromatic heterocycles. The molecule has 3 aromatic rings. The molecule has 3 rings (SSSR count). The number of nitrogen functional groups attached to an aromatic ring is 1. The molecule has 5 nitrogen and oxygen atoms in total. The standard InChI is InChI=1S/C13H14N4OS/c1-3-18-10-5-4-9-13(16-10)17-12(15-9)8-6-7(2)19-11(8)14/h4-6H,3,14H2,1-2H3,(H,15,16,17). The summed E-state index contributed by atoms with van der Waals surface area (Å²) >= 11 is 1.56. The molecular weight excluding hydrogens is 260 g/mol. The summed E-state index contributed by atoms with van der Waals surface area (Å²) in [6.45, 7) is 4.54. The minimum Gasteiger partial charge on any atom is -0.478 e. The van der Waals surface area contributed by atoms with E-state index in [9.17, 15) is 0 Å². The van der Waals surface area contributed by atoms with Crippen LogP contribution in [0.3, 0.4) is 0 Å². The van der Waals surface area contributed by atoms with Crippen molar-refractivity contribution < 1.29 is 4.74 Å². The summed E-state index contributed by atoms with van der Waals surface area (Å²) in [5.74, 6) is 1.33. The average Bonchev–Trinajstić information content (AvgIpc) is 2.92. The van der Waals surface area contributed by atoms with Crippen molar-refractivity contribution in [2.45, 2.75) is 13.8 Å². The summed E-state index contributed by atoms with van der Waals surface area (Å²) < 4.78 is 5.37. The van der Waals surface area contributed by atoms with Crippen LogP contribution in [0, 0.1) is 6.92 Å². The molecule has 0 saturated carbocycles. The molecule has 0 aliphatic carbocycles. The summed E-state index contributed by atoms with van der Waals surface area (Å²) in [4.78, 5) is 13.2. The maximum atomic E-state index is 5.99. The van der Waals surface area contributed by atoms with Crippen LogP contribution in [0.4, 0.5) is 5.00 Å². The van der Waals surface area contributed by atoms with Gasteiger partial charge < -0.3 is 15.5 Å². The minimum atomic E-state index is 0.586. The predicted octanol–water partition coefficient (Wildman–Crippen LogP) is 2.98. The van der Waals surface area contributed by atoms with Gasteiger partial charge in [0.05, 0.1) is 22.7 Å². The van der Waals surface area contributed by atoms with Gasteiger partial charge in [-0.1, -0.05) is 0 Å². The van der Waals surface area contributed by atoms with Crippen molar-refractivity contribution in [3.8, 4) is 17.3 Å². The number of hydrogen-bond acceptors (Lipinski definition) is 5. The summed E-state index contributed by atoms with van der Waals surface area (Å²) in [5.41, 5.74) is 8.43. The normalized spacial score (nSPS) is 11.1. The van der Waals surface area contributed by atoms with Gasteiger partial charge in [0.15, 0.2) is 5.65 Å². The molecule has 3 N–H and O–H groups in total. The molecule has 0 aromatic carbocycles. The second-order valence-corrected chi connectivity index (χ2v) is 5.46. The lowest BCUT2D eigenvalue weighted by atomic mass is 10.3. The number of ether oxygens (including phenoxy) is 1. The third-order valence-electron chi connectivity index (χ3n) is 2.75. The smallest absolute Gasteiger partial charge is 0.215 e. The van der Waals surface area contributed by atoms with E-state index in [1.54, 1.807) is 11.3 Å². The van der Waals surface area contributed by atoms with Gasteiger partial charge in [0.2, 0.25) is 5.88 Å². The fourth-order valence-electron chi connectivity index (χ4n) is 1.95. The Hall–Kier alpha value is -2.08. The highest BCUT2D eigenvalue weighted by Crippen LogP contribution is 2.32. The SMILES string of the molecule is CCOc1ccc2[nH]c(-c3cc(C)sc3N)nc2n1. The third kappa shape index (κ3) is 2.15. The lowest BCUT2D eigenvalue weighted by Gasteiger charge is -1.99. The van der Waals surface area contributed by atoms with E-state index >= 15 is 0 Å². The van der Waals surface area contributed by atoms with Crippen molar-refractivity contribution in [2.24, 2.45) is 0 Å². The Kier molecular flexibility index (Phi) is 2.87. The number of pyridine rings is 1. The van der Waals surface area contributed by atoms with Gasteiger partial charge in [-0.2, -0.15) is 4.98 Å². The number of aryl methyl sites for hydroxylation is 1. The van der Waals surface area contributed by atoms with Crippen molar-refractivity contribution in [1.82, 2.24) is 15.0 Å². The first kappa shape index (κ1) is 12.0. The average molecular weight is 274 g/mol. The number of anilines is 1. The van der Waals surface area contributed by atoms with Gasteiger partial charge in [0.1, 0.15) is 5.82 Å². The third-order valence-corrected chi connectivity index (χ3v) is 3.63. The van der Waals surface area contributed by atoms with E-state index in [0.717, 1.165) is 26.8 Å². The highest BCUT2D eigenvalue weighted by Gasteiger charge is 2.12. The van der Waals surface area contributed by atoms with Gasteiger partial charge >= 0.3 is 0 Å². The van der Waals surface area contributed by atoms with E-state index in [4.69, 9.17) is 10.5 Å². The summed E-state index contributed by atoms with van der Waals surface area (Å²) in [5, 5.41) is 0.765. The Morgan fingerprint density at radius 1 is 1.37 bits per heavy atom. The fourth-order valence-corrected chi connectivity index (χ4v) is 2.74. The number of hydrogen-bond donors (Lipinski definition) is 2. The number of nitrogens with zero attached hydrogens (tertiary/aromatic N) is 2. The van der Waals surface area contributed by atoms with Gasteiger partial charge in [-0.05, 0) is 26.0 Å². The molecular formula is C13H14N4OS. The molecule has 0 amide bonds. The molecule has 0 spiro atoms. The van der Waals surface area contributed by atoms with Crippen LogP contribution in [0.25, 0.3) is 22.6 Å². The van der Waals surface area contributed by atoms with Crippen molar-refractivity contribution in [2.75, 3.05) is 12.3 Å². The zero-order valence-corrected chi connectivity index (χ0v) is 11.5. The van der Waals surface area contributed by atoms with Gasteiger partial charge in [0, 0.05) is 10.9 Å². The number of fused-ring (bicyclic) bond motifs is 1. The van der Waals surface area contributed by atoms with Crippen LogP contribution in [0.1, 0.15) is 11.8 Å². The number of thiophene rings is 1. The largest absolute Gasteiger partial charge is 0.478 e. The van der Waals surface area contributed by atoms with Gasteiger partial charge in [-0.3, -0.25) is 0 Å². The number of nitrogens with two attached hydrogens (primary N) is 1. The van der Waals surface area contributed by atoms with E-state index in [-0.39, 0.29) is 0 Å². The predicted molar refractivity (Wildman–Crippen MR) is 77.5 cm³/mol. The van der Waals surface area contributed by atoms with Crippen molar-refractivity contribution >= 4 is 27.5 Å². The summed E-state index contributed by atoms with van der Waals surface area (Å²) in [7, 11) is 0. The second kappa shape index (κ2) is 4.55. The Labute approximate surface area is 114 Å². The Balaban J connectivity index is 2.08.